The molecule has 1 aliphatic rings. The standard InChI is InChI=1S/C17H18ClN3O2/c18-16-3-1-15(2-4-16)17(22)21-5-6-23-11-14(10-21)7-13-8-19-12-20-9-13/h1-4,8-9,12,14H,5-7,10-11H2. The summed E-state index contributed by atoms with van der Waals surface area (Å²) in [6.45, 7) is 2.46. The molecule has 1 unspecified atom stereocenters. The summed E-state index contributed by atoms with van der Waals surface area (Å²) in [5, 5.41) is 0.628. The van der Waals surface area contributed by atoms with Crippen molar-refractivity contribution in [2.75, 3.05) is 26.3 Å². The zero-order valence-electron chi connectivity index (χ0n) is 12.7. The van der Waals surface area contributed by atoms with Crippen LogP contribution in [-0.4, -0.2) is 47.1 Å². The minimum Gasteiger partial charge on any atom is -0.379 e. The molecule has 0 aliphatic carbocycles. The van der Waals surface area contributed by atoms with Crippen molar-refractivity contribution in [3.05, 3.63) is 59.1 Å². The van der Waals surface area contributed by atoms with Crippen LogP contribution < -0.4 is 0 Å². The van der Waals surface area contributed by atoms with E-state index in [0.717, 1.165) is 12.0 Å². The summed E-state index contributed by atoms with van der Waals surface area (Å²) < 4.78 is 5.66. The quantitative estimate of drug-likeness (QED) is 0.867. The Morgan fingerprint density at radius 2 is 2.00 bits per heavy atom. The molecule has 1 aromatic heterocycles. The second-order valence-corrected chi connectivity index (χ2v) is 6.09. The van der Waals surface area contributed by atoms with E-state index < -0.39 is 0 Å². The minimum atomic E-state index is 0.0153. The maximum absolute atomic E-state index is 12.7. The van der Waals surface area contributed by atoms with Crippen LogP contribution in [0.2, 0.25) is 5.02 Å². The Balaban J connectivity index is 1.69. The van der Waals surface area contributed by atoms with Crippen molar-refractivity contribution in [3.8, 4) is 0 Å². The smallest absolute Gasteiger partial charge is 0.253 e. The molecule has 23 heavy (non-hydrogen) atoms. The first-order chi connectivity index (χ1) is 11.2. The third-order valence-electron chi connectivity index (χ3n) is 3.85. The van der Waals surface area contributed by atoms with Crippen LogP contribution in [0.1, 0.15) is 15.9 Å². The molecule has 1 saturated heterocycles. The zero-order valence-corrected chi connectivity index (χ0v) is 13.4. The van der Waals surface area contributed by atoms with Gasteiger partial charge >= 0.3 is 0 Å². The van der Waals surface area contributed by atoms with Crippen molar-refractivity contribution in [1.29, 1.82) is 0 Å². The molecule has 0 bridgehead atoms. The van der Waals surface area contributed by atoms with E-state index in [1.165, 1.54) is 6.33 Å². The van der Waals surface area contributed by atoms with Gasteiger partial charge in [0.25, 0.3) is 5.91 Å². The van der Waals surface area contributed by atoms with Gasteiger partial charge < -0.3 is 9.64 Å². The lowest BCUT2D eigenvalue weighted by Gasteiger charge is -2.23. The number of halogens is 1. The Labute approximate surface area is 140 Å². The van der Waals surface area contributed by atoms with Gasteiger partial charge in [-0.3, -0.25) is 4.79 Å². The number of aromatic nitrogens is 2. The fraction of sp³-hybridized carbons (Fsp3) is 0.353. The highest BCUT2D eigenvalue weighted by Crippen LogP contribution is 2.16. The first-order valence-electron chi connectivity index (χ1n) is 7.59. The molecule has 1 aliphatic heterocycles. The highest BCUT2D eigenvalue weighted by atomic mass is 35.5. The average Bonchev–Trinajstić information content (AvgIpc) is 2.81. The Bertz CT molecular complexity index is 649. The fourth-order valence-electron chi connectivity index (χ4n) is 2.73. The Morgan fingerprint density at radius 3 is 2.74 bits per heavy atom. The molecule has 3 rings (SSSR count). The van der Waals surface area contributed by atoms with Crippen molar-refractivity contribution in [2.45, 2.75) is 6.42 Å². The molecule has 0 saturated carbocycles. The zero-order chi connectivity index (χ0) is 16.1. The summed E-state index contributed by atoms with van der Waals surface area (Å²) in [4.78, 5) is 22.6. The fourth-order valence-corrected chi connectivity index (χ4v) is 2.86. The number of amides is 1. The van der Waals surface area contributed by atoms with E-state index in [0.29, 0.717) is 36.9 Å². The van der Waals surface area contributed by atoms with Gasteiger partial charge in [-0.05, 0) is 36.2 Å². The minimum absolute atomic E-state index is 0.0153. The molecule has 1 amide bonds. The Morgan fingerprint density at radius 1 is 1.26 bits per heavy atom. The second kappa shape index (κ2) is 7.53. The molecular formula is C17H18ClN3O2. The predicted molar refractivity (Wildman–Crippen MR) is 87.4 cm³/mol. The molecule has 0 radical (unpaired) electrons. The van der Waals surface area contributed by atoms with E-state index >= 15 is 0 Å². The molecule has 2 heterocycles. The van der Waals surface area contributed by atoms with Crippen molar-refractivity contribution >= 4 is 17.5 Å². The van der Waals surface area contributed by atoms with E-state index in [9.17, 15) is 4.79 Å². The van der Waals surface area contributed by atoms with Gasteiger partial charge in [-0.2, -0.15) is 0 Å². The van der Waals surface area contributed by atoms with Crippen molar-refractivity contribution < 1.29 is 9.53 Å². The van der Waals surface area contributed by atoms with E-state index in [4.69, 9.17) is 16.3 Å². The van der Waals surface area contributed by atoms with Gasteiger partial charge in [0.05, 0.1) is 13.2 Å². The van der Waals surface area contributed by atoms with Crippen LogP contribution in [-0.2, 0) is 11.2 Å². The van der Waals surface area contributed by atoms with Crippen molar-refractivity contribution in [1.82, 2.24) is 14.9 Å². The molecule has 5 nitrogen and oxygen atoms in total. The molecule has 1 atom stereocenters. The number of benzene rings is 1. The van der Waals surface area contributed by atoms with Gasteiger partial charge in [-0.1, -0.05) is 11.6 Å². The number of carbonyl (C=O) groups excluding carboxylic acids is 1. The lowest BCUT2D eigenvalue weighted by atomic mass is 10.0. The molecule has 120 valence electrons. The molecule has 6 heteroatoms. The van der Waals surface area contributed by atoms with E-state index in [1.807, 2.05) is 17.3 Å². The van der Waals surface area contributed by atoms with Gasteiger partial charge in [-0.25, -0.2) is 9.97 Å². The lowest BCUT2D eigenvalue weighted by molar-refractivity contribution is 0.0737. The third kappa shape index (κ3) is 4.27. The molecule has 1 aromatic carbocycles. The first-order valence-corrected chi connectivity index (χ1v) is 7.96. The molecule has 0 spiro atoms. The third-order valence-corrected chi connectivity index (χ3v) is 4.11. The van der Waals surface area contributed by atoms with E-state index in [-0.39, 0.29) is 11.8 Å². The number of hydrogen-bond donors (Lipinski definition) is 0. The number of nitrogens with zero attached hydrogens (tertiary/aromatic N) is 3. The van der Waals surface area contributed by atoms with Crippen LogP contribution >= 0.6 is 11.6 Å². The lowest BCUT2D eigenvalue weighted by Crippen LogP contribution is -2.36. The predicted octanol–water partition coefficient (Wildman–Crippen LogP) is 2.46. The van der Waals surface area contributed by atoms with E-state index in [2.05, 4.69) is 9.97 Å². The van der Waals surface area contributed by atoms with Crippen LogP contribution in [0.25, 0.3) is 0 Å². The summed E-state index contributed by atoms with van der Waals surface area (Å²) in [7, 11) is 0. The summed E-state index contributed by atoms with van der Waals surface area (Å²) in [5.41, 5.74) is 1.71. The maximum Gasteiger partial charge on any atom is 0.253 e. The highest BCUT2D eigenvalue weighted by molar-refractivity contribution is 6.30. The number of rotatable bonds is 3. The number of carbonyl (C=O) groups is 1. The van der Waals surface area contributed by atoms with Crippen molar-refractivity contribution in [2.24, 2.45) is 5.92 Å². The van der Waals surface area contributed by atoms with Crippen LogP contribution in [0.4, 0.5) is 0 Å². The largest absolute Gasteiger partial charge is 0.379 e. The monoisotopic (exact) mass is 331 g/mol. The van der Waals surface area contributed by atoms with Gasteiger partial charge in [0, 0.05) is 42.0 Å². The normalized spacial score (nSPS) is 18.5. The summed E-state index contributed by atoms with van der Waals surface area (Å²) in [5.74, 6) is 0.251. The topological polar surface area (TPSA) is 55.3 Å². The van der Waals surface area contributed by atoms with Gasteiger partial charge in [0.15, 0.2) is 0 Å². The van der Waals surface area contributed by atoms with Crippen LogP contribution in [0.3, 0.4) is 0 Å². The second-order valence-electron chi connectivity index (χ2n) is 5.65. The Kier molecular flexibility index (Phi) is 5.20. The average molecular weight is 332 g/mol. The van der Waals surface area contributed by atoms with Crippen LogP contribution in [0, 0.1) is 5.92 Å². The molecule has 1 fully saturated rings. The van der Waals surface area contributed by atoms with Gasteiger partial charge in [0.1, 0.15) is 6.33 Å². The molecule has 0 N–H and O–H groups in total. The summed E-state index contributed by atoms with van der Waals surface area (Å²) in [6, 6.07) is 7.00. The van der Waals surface area contributed by atoms with E-state index in [1.54, 1.807) is 24.3 Å². The Hall–Kier alpha value is -1.98. The highest BCUT2D eigenvalue weighted by Gasteiger charge is 2.23. The summed E-state index contributed by atoms with van der Waals surface area (Å²) >= 11 is 5.88. The van der Waals surface area contributed by atoms with Gasteiger partial charge in [0.2, 0.25) is 0 Å². The van der Waals surface area contributed by atoms with Crippen molar-refractivity contribution in [3.63, 3.8) is 0 Å². The number of hydrogen-bond acceptors (Lipinski definition) is 4. The molecular weight excluding hydrogens is 314 g/mol. The molecule has 2 aromatic rings. The summed E-state index contributed by atoms with van der Waals surface area (Å²) in [6.07, 6.45) is 5.93. The number of ether oxygens (including phenoxy) is 1. The van der Waals surface area contributed by atoms with Crippen LogP contribution in [0.5, 0.6) is 0 Å². The maximum atomic E-state index is 12.7. The van der Waals surface area contributed by atoms with Gasteiger partial charge in [-0.15, -0.1) is 0 Å². The van der Waals surface area contributed by atoms with Crippen LogP contribution in [0.15, 0.2) is 43.0 Å². The first kappa shape index (κ1) is 15.9. The SMILES string of the molecule is O=C(c1ccc(Cl)cc1)N1CCOCC(Cc2cncnc2)C1.